The standard InChI is InChI=1S/C13H16N4O2/c1-19-13(18)10-4-5-11-14-15-12(17(11)8-10)9-16-6-2-3-7-16/h4-5,8H,2-3,6-7,9H2,1H3. The van der Waals surface area contributed by atoms with E-state index in [2.05, 4.69) is 15.1 Å². The molecule has 2 aromatic heterocycles. The topological polar surface area (TPSA) is 59.7 Å². The van der Waals surface area contributed by atoms with Gasteiger partial charge in [0.1, 0.15) is 0 Å². The van der Waals surface area contributed by atoms with E-state index in [9.17, 15) is 4.79 Å². The fourth-order valence-electron chi connectivity index (χ4n) is 2.43. The van der Waals surface area contributed by atoms with Crippen molar-refractivity contribution in [2.24, 2.45) is 0 Å². The van der Waals surface area contributed by atoms with Gasteiger partial charge in [-0.3, -0.25) is 9.30 Å². The zero-order valence-corrected chi connectivity index (χ0v) is 10.9. The number of carbonyl (C=O) groups excluding carboxylic acids is 1. The van der Waals surface area contributed by atoms with Gasteiger partial charge in [-0.15, -0.1) is 10.2 Å². The van der Waals surface area contributed by atoms with Crippen molar-refractivity contribution in [3.63, 3.8) is 0 Å². The summed E-state index contributed by atoms with van der Waals surface area (Å²) in [5, 5.41) is 8.33. The molecule has 19 heavy (non-hydrogen) atoms. The van der Waals surface area contributed by atoms with E-state index < -0.39 is 0 Å². The van der Waals surface area contributed by atoms with Crippen molar-refractivity contribution in [2.75, 3.05) is 20.2 Å². The van der Waals surface area contributed by atoms with Crippen molar-refractivity contribution in [1.82, 2.24) is 19.5 Å². The van der Waals surface area contributed by atoms with E-state index in [1.54, 1.807) is 18.3 Å². The zero-order valence-electron chi connectivity index (χ0n) is 10.9. The fraction of sp³-hybridized carbons (Fsp3) is 0.462. The molecule has 6 nitrogen and oxygen atoms in total. The van der Waals surface area contributed by atoms with Gasteiger partial charge in [0, 0.05) is 6.20 Å². The minimum absolute atomic E-state index is 0.345. The van der Waals surface area contributed by atoms with E-state index in [0.29, 0.717) is 5.56 Å². The van der Waals surface area contributed by atoms with Crippen LogP contribution in [0.1, 0.15) is 29.0 Å². The third-order valence-corrected chi connectivity index (χ3v) is 3.46. The number of hydrogen-bond acceptors (Lipinski definition) is 5. The summed E-state index contributed by atoms with van der Waals surface area (Å²) in [6.45, 7) is 2.98. The lowest BCUT2D eigenvalue weighted by Gasteiger charge is -2.12. The predicted molar refractivity (Wildman–Crippen MR) is 68.8 cm³/mol. The molecule has 6 heteroatoms. The first kappa shape index (κ1) is 12.1. The Morgan fingerprint density at radius 3 is 2.84 bits per heavy atom. The van der Waals surface area contributed by atoms with Crippen LogP contribution in [0.3, 0.4) is 0 Å². The van der Waals surface area contributed by atoms with Crippen LogP contribution in [0, 0.1) is 0 Å². The van der Waals surface area contributed by atoms with Gasteiger partial charge < -0.3 is 4.74 Å². The molecule has 3 rings (SSSR count). The highest BCUT2D eigenvalue weighted by atomic mass is 16.5. The van der Waals surface area contributed by atoms with E-state index in [0.717, 1.165) is 31.1 Å². The second-order valence-corrected chi connectivity index (χ2v) is 4.74. The normalized spacial score (nSPS) is 16.1. The predicted octanol–water partition coefficient (Wildman–Crippen LogP) is 1.11. The minimum Gasteiger partial charge on any atom is -0.465 e. The number of esters is 1. The molecule has 0 radical (unpaired) electrons. The average Bonchev–Trinajstić information content (AvgIpc) is 3.08. The Morgan fingerprint density at radius 2 is 2.11 bits per heavy atom. The highest BCUT2D eigenvalue weighted by Crippen LogP contribution is 2.13. The second-order valence-electron chi connectivity index (χ2n) is 4.74. The minimum atomic E-state index is -0.345. The Kier molecular flexibility index (Phi) is 3.16. The summed E-state index contributed by atoms with van der Waals surface area (Å²) in [5.74, 6) is 0.519. The number of nitrogens with zero attached hydrogens (tertiary/aromatic N) is 4. The molecule has 1 aliphatic heterocycles. The molecule has 0 amide bonds. The highest BCUT2D eigenvalue weighted by molar-refractivity contribution is 5.89. The molecule has 0 unspecified atom stereocenters. The molecule has 100 valence electrons. The van der Waals surface area contributed by atoms with Crippen molar-refractivity contribution in [2.45, 2.75) is 19.4 Å². The average molecular weight is 260 g/mol. The number of hydrogen-bond donors (Lipinski definition) is 0. The van der Waals surface area contributed by atoms with Crippen LogP contribution in [-0.2, 0) is 11.3 Å². The molecule has 0 saturated carbocycles. The van der Waals surface area contributed by atoms with Gasteiger partial charge in [0.05, 0.1) is 19.2 Å². The van der Waals surface area contributed by atoms with Crippen molar-refractivity contribution in [3.8, 4) is 0 Å². The van der Waals surface area contributed by atoms with Gasteiger partial charge in [0.15, 0.2) is 11.5 Å². The van der Waals surface area contributed by atoms with Crippen molar-refractivity contribution in [3.05, 3.63) is 29.7 Å². The van der Waals surface area contributed by atoms with Crippen LogP contribution in [0.4, 0.5) is 0 Å². The lowest BCUT2D eigenvalue weighted by Crippen LogP contribution is -2.20. The van der Waals surface area contributed by atoms with Gasteiger partial charge >= 0.3 is 5.97 Å². The smallest absolute Gasteiger partial charge is 0.339 e. The molecule has 1 aliphatic rings. The summed E-state index contributed by atoms with van der Waals surface area (Å²) in [7, 11) is 1.38. The highest BCUT2D eigenvalue weighted by Gasteiger charge is 2.16. The fourth-order valence-corrected chi connectivity index (χ4v) is 2.43. The molecule has 0 N–H and O–H groups in total. The molecular weight excluding hydrogens is 244 g/mol. The van der Waals surface area contributed by atoms with E-state index in [4.69, 9.17) is 4.74 Å². The Bertz CT molecular complexity index is 602. The molecule has 3 heterocycles. The first-order valence-corrected chi connectivity index (χ1v) is 6.42. The second kappa shape index (κ2) is 4.97. The quantitative estimate of drug-likeness (QED) is 0.774. The zero-order chi connectivity index (χ0) is 13.2. The molecule has 0 aliphatic carbocycles. The van der Waals surface area contributed by atoms with Gasteiger partial charge in [-0.1, -0.05) is 0 Å². The van der Waals surface area contributed by atoms with Crippen LogP contribution < -0.4 is 0 Å². The van der Waals surface area contributed by atoms with Crippen LogP contribution in [0.15, 0.2) is 18.3 Å². The van der Waals surface area contributed by atoms with Gasteiger partial charge in [-0.2, -0.15) is 0 Å². The maximum absolute atomic E-state index is 11.5. The molecule has 2 aromatic rings. The lowest BCUT2D eigenvalue weighted by molar-refractivity contribution is 0.0600. The molecule has 1 saturated heterocycles. The number of ether oxygens (including phenoxy) is 1. The summed E-state index contributed by atoms with van der Waals surface area (Å²) in [4.78, 5) is 13.9. The summed E-state index contributed by atoms with van der Waals surface area (Å²) >= 11 is 0. The van der Waals surface area contributed by atoms with Crippen LogP contribution in [-0.4, -0.2) is 45.7 Å². The number of carbonyl (C=O) groups is 1. The number of likely N-dealkylation sites (tertiary alicyclic amines) is 1. The summed E-state index contributed by atoms with van der Waals surface area (Å²) < 4.78 is 6.60. The van der Waals surface area contributed by atoms with Crippen LogP contribution in [0.2, 0.25) is 0 Å². The number of methoxy groups -OCH3 is 1. The Hall–Kier alpha value is -1.95. The third kappa shape index (κ3) is 2.31. The van der Waals surface area contributed by atoms with Crippen LogP contribution in [0.25, 0.3) is 5.65 Å². The summed E-state index contributed by atoms with van der Waals surface area (Å²) in [5.41, 5.74) is 1.26. The third-order valence-electron chi connectivity index (χ3n) is 3.46. The number of rotatable bonds is 3. The Balaban J connectivity index is 1.93. The Labute approximate surface area is 111 Å². The maximum Gasteiger partial charge on any atom is 0.339 e. The van der Waals surface area contributed by atoms with Gasteiger partial charge in [0.25, 0.3) is 0 Å². The monoisotopic (exact) mass is 260 g/mol. The van der Waals surface area contributed by atoms with Crippen LogP contribution >= 0.6 is 0 Å². The molecule has 0 spiro atoms. The van der Waals surface area contributed by atoms with Crippen molar-refractivity contribution < 1.29 is 9.53 Å². The van der Waals surface area contributed by atoms with E-state index >= 15 is 0 Å². The van der Waals surface area contributed by atoms with Gasteiger partial charge in [0.2, 0.25) is 0 Å². The van der Waals surface area contributed by atoms with Crippen molar-refractivity contribution >= 4 is 11.6 Å². The molecule has 0 atom stereocenters. The number of pyridine rings is 1. The maximum atomic E-state index is 11.5. The number of fused-ring (bicyclic) bond motifs is 1. The lowest BCUT2D eigenvalue weighted by atomic mass is 10.3. The van der Waals surface area contributed by atoms with Crippen LogP contribution in [0.5, 0.6) is 0 Å². The molecule has 0 aromatic carbocycles. The van der Waals surface area contributed by atoms with Gasteiger partial charge in [-0.05, 0) is 38.1 Å². The van der Waals surface area contributed by atoms with Gasteiger partial charge in [-0.25, -0.2) is 4.79 Å². The molecule has 0 bridgehead atoms. The van der Waals surface area contributed by atoms with Crippen molar-refractivity contribution in [1.29, 1.82) is 0 Å². The molecule has 1 fully saturated rings. The summed E-state index contributed by atoms with van der Waals surface area (Å²) in [6, 6.07) is 3.49. The van der Waals surface area contributed by atoms with E-state index in [1.165, 1.54) is 20.0 Å². The first-order chi connectivity index (χ1) is 9.28. The SMILES string of the molecule is COC(=O)c1ccc2nnc(CN3CCCC3)n2c1. The molecular formula is C13H16N4O2. The van der Waals surface area contributed by atoms with E-state index in [1.807, 2.05) is 4.40 Å². The van der Waals surface area contributed by atoms with E-state index in [-0.39, 0.29) is 5.97 Å². The largest absolute Gasteiger partial charge is 0.465 e. The first-order valence-electron chi connectivity index (χ1n) is 6.42. The summed E-state index contributed by atoms with van der Waals surface area (Å²) in [6.07, 6.45) is 4.22. The Morgan fingerprint density at radius 1 is 1.32 bits per heavy atom. The number of aromatic nitrogens is 3.